The number of rotatable bonds is 6. The molecule has 47 heavy (non-hydrogen) atoms. The van der Waals surface area contributed by atoms with Gasteiger partial charge in [-0.05, 0) is 87.7 Å². The Morgan fingerprint density at radius 3 is 1.62 bits per heavy atom. The minimum absolute atomic E-state index is 0.00730. The molecule has 0 bridgehead atoms. The summed E-state index contributed by atoms with van der Waals surface area (Å²) >= 11 is 0. The van der Waals surface area contributed by atoms with Crippen LogP contribution in [0.25, 0.3) is 44.7 Å². The van der Waals surface area contributed by atoms with Gasteiger partial charge in [-0.25, -0.2) is 0 Å². The molecule has 1 nitrogen and oxygen atoms in total. The third-order valence-electron chi connectivity index (χ3n) is 9.07. The van der Waals surface area contributed by atoms with Gasteiger partial charge in [0.15, 0.2) is 0 Å². The number of fused-ring (bicyclic) bond motifs is 3. The molecular formula is C46H41N. The van der Waals surface area contributed by atoms with E-state index >= 15 is 0 Å². The van der Waals surface area contributed by atoms with Crippen molar-refractivity contribution in [2.45, 2.75) is 33.1 Å². The molecule has 6 aromatic rings. The van der Waals surface area contributed by atoms with Gasteiger partial charge in [-0.1, -0.05) is 166 Å². The van der Waals surface area contributed by atoms with E-state index in [1.807, 2.05) is 50.2 Å². The Morgan fingerprint density at radius 1 is 0.468 bits per heavy atom. The predicted molar refractivity (Wildman–Crippen MR) is 204 cm³/mol. The van der Waals surface area contributed by atoms with Gasteiger partial charge in [0.1, 0.15) is 0 Å². The van der Waals surface area contributed by atoms with Crippen LogP contribution in [0.5, 0.6) is 0 Å². The Bertz CT molecular complexity index is 2090. The van der Waals surface area contributed by atoms with E-state index in [0.29, 0.717) is 0 Å². The van der Waals surface area contributed by atoms with Gasteiger partial charge in [0, 0.05) is 16.7 Å². The second-order valence-electron chi connectivity index (χ2n) is 12.7. The predicted octanol–water partition coefficient (Wildman–Crippen LogP) is 12.5. The summed E-state index contributed by atoms with van der Waals surface area (Å²) in [5.41, 5.74) is 16.5. The van der Waals surface area contributed by atoms with E-state index in [2.05, 4.69) is 142 Å². The molecule has 1 aliphatic rings. The van der Waals surface area contributed by atoms with Crippen LogP contribution in [0.4, 0.5) is 0 Å². The molecule has 0 saturated carbocycles. The van der Waals surface area contributed by atoms with E-state index in [0.717, 1.165) is 33.7 Å². The molecule has 0 fully saturated rings. The second-order valence-corrected chi connectivity index (χ2v) is 12.7. The van der Waals surface area contributed by atoms with Crippen molar-refractivity contribution in [1.29, 1.82) is 0 Å². The van der Waals surface area contributed by atoms with E-state index in [4.69, 9.17) is 4.99 Å². The van der Waals surface area contributed by atoms with E-state index in [-0.39, 0.29) is 5.41 Å². The first-order valence-electron chi connectivity index (χ1n) is 16.2. The summed E-state index contributed by atoms with van der Waals surface area (Å²) in [7, 11) is 0. The minimum atomic E-state index is -0.00730. The first-order chi connectivity index (χ1) is 22.7. The summed E-state index contributed by atoms with van der Waals surface area (Å²) in [5.74, 6) is 0. The van der Waals surface area contributed by atoms with Crippen LogP contribution in [-0.4, -0.2) is 5.71 Å². The van der Waals surface area contributed by atoms with Gasteiger partial charge in [0.25, 0.3) is 0 Å². The van der Waals surface area contributed by atoms with Crippen LogP contribution in [0.1, 0.15) is 55.5 Å². The summed E-state index contributed by atoms with van der Waals surface area (Å²) in [6.45, 7) is 16.8. The topological polar surface area (TPSA) is 12.4 Å². The van der Waals surface area contributed by atoms with Gasteiger partial charge in [-0.2, -0.15) is 0 Å². The molecule has 0 aliphatic heterocycles. The van der Waals surface area contributed by atoms with Crippen LogP contribution >= 0.6 is 0 Å². The van der Waals surface area contributed by atoms with Crippen LogP contribution in [0.3, 0.4) is 0 Å². The molecular weight excluding hydrogens is 567 g/mol. The summed E-state index contributed by atoms with van der Waals surface area (Å²) in [5, 5.41) is 0. The van der Waals surface area contributed by atoms with E-state index in [9.17, 15) is 0 Å². The zero-order valence-corrected chi connectivity index (χ0v) is 27.8. The Balaban J connectivity index is 0.000000373. The van der Waals surface area contributed by atoms with Crippen molar-refractivity contribution in [2.24, 2.45) is 4.99 Å². The smallest absolute Gasteiger partial charge is 0.0633 e. The molecule has 0 aromatic heterocycles. The number of nitrogens with zero attached hydrogens (tertiary/aromatic N) is 1. The first-order valence-corrected chi connectivity index (χ1v) is 16.2. The lowest BCUT2D eigenvalue weighted by Gasteiger charge is -2.22. The van der Waals surface area contributed by atoms with Gasteiger partial charge in [-0.15, -0.1) is 0 Å². The number of benzene rings is 6. The van der Waals surface area contributed by atoms with Crippen molar-refractivity contribution < 1.29 is 0 Å². The van der Waals surface area contributed by atoms with Gasteiger partial charge < -0.3 is 0 Å². The molecule has 0 saturated heterocycles. The Morgan fingerprint density at radius 2 is 0.979 bits per heavy atom. The molecule has 0 spiro atoms. The third-order valence-corrected chi connectivity index (χ3v) is 9.07. The second kappa shape index (κ2) is 13.4. The van der Waals surface area contributed by atoms with E-state index in [1.165, 1.54) is 44.5 Å². The minimum Gasteiger partial charge on any atom is -0.253 e. The van der Waals surface area contributed by atoms with Gasteiger partial charge >= 0.3 is 0 Å². The number of aliphatic imine (C=N–C) groups is 1. The zero-order chi connectivity index (χ0) is 33.0. The molecule has 0 heterocycles. The van der Waals surface area contributed by atoms with Crippen molar-refractivity contribution in [3.05, 3.63) is 193 Å². The fraction of sp³-hybridized carbons (Fsp3) is 0.109. The average molecular weight is 608 g/mol. The quantitative estimate of drug-likeness (QED) is 0.167. The monoisotopic (exact) mass is 607 g/mol. The maximum absolute atomic E-state index is 4.80. The first kappa shape index (κ1) is 31.5. The molecule has 0 amide bonds. The van der Waals surface area contributed by atoms with E-state index in [1.54, 1.807) is 0 Å². The van der Waals surface area contributed by atoms with Gasteiger partial charge in [0.05, 0.1) is 5.70 Å². The summed E-state index contributed by atoms with van der Waals surface area (Å²) in [6, 6.07) is 53.5. The SMILES string of the molecule is C=C(C)c1ccccc1.C=C(N=C(C)c1ccccc1)c1cccc(-c2cccc(-c3ccc4c(c3)C(C)(C)c3ccccc3-4)c2)c1. The van der Waals surface area contributed by atoms with Crippen LogP contribution in [0.2, 0.25) is 0 Å². The highest BCUT2D eigenvalue weighted by atomic mass is 14.7. The van der Waals surface area contributed by atoms with E-state index < -0.39 is 0 Å². The van der Waals surface area contributed by atoms with Gasteiger partial charge in [0.2, 0.25) is 0 Å². The fourth-order valence-electron chi connectivity index (χ4n) is 6.37. The van der Waals surface area contributed by atoms with Crippen molar-refractivity contribution >= 4 is 17.0 Å². The highest BCUT2D eigenvalue weighted by molar-refractivity contribution is 6.01. The van der Waals surface area contributed by atoms with Crippen molar-refractivity contribution in [3.63, 3.8) is 0 Å². The lowest BCUT2D eigenvalue weighted by Crippen LogP contribution is -2.14. The third kappa shape index (κ3) is 6.71. The van der Waals surface area contributed by atoms with Crippen LogP contribution in [0, 0.1) is 0 Å². The molecule has 7 rings (SSSR count). The highest BCUT2D eigenvalue weighted by Gasteiger charge is 2.35. The standard InChI is InChI=1S/C37H31N.C9H10/c1-25(27-12-6-5-7-13-27)38-26(2)28-14-10-15-29(22-28)30-16-11-17-31(23-30)32-20-21-34-33-18-8-9-19-35(33)37(3,4)36(34)24-32;1-8(2)9-6-4-3-5-7-9/h5-24H,2H2,1,3-4H3;3-7H,1H2,2H3. The van der Waals surface area contributed by atoms with Crippen LogP contribution in [-0.2, 0) is 5.41 Å². The molecule has 0 unspecified atom stereocenters. The number of hydrogen-bond donors (Lipinski definition) is 0. The Kier molecular flexibility index (Phi) is 9.00. The lowest BCUT2D eigenvalue weighted by molar-refractivity contribution is 0.660. The van der Waals surface area contributed by atoms with Crippen LogP contribution in [0.15, 0.2) is 170 Å². The largest absolute Gasteiger partial charge is 0.253 e. The molecule has 0 N–H and O–H groups in total. The summed E-state index contributed by atoms with van der Waals surface area (Å²) in [6.07, 6.45) is 0. The number of hydrogen-bond acceptors (Lipinski definition) is 1. The Labute approximate surface area is 280 Å². The lowest BCUT2D eigenvalue weighted by atomic mass is 9.81. The zero-order valence-electron chi connectivity index (χ0n) is 27.8. The highest BCUT2D eigenvalue weighted by Crippen LogP contribution is 2.49. The summed E-state index contributed by atoms with van der Waals surface area (Å²) < 4.78 is 0. The Hall–Kier alpha value is -5.53. The molecule has 6 aromatic carbocycles. The molecule has 0 radical (unpaired) electrons. The van der Waals surface area contributed by atoms with Crippen molar-refractivity contribution in [3.8, 4) is 33.4 Å². The molecule has 1 aliphatic carbocycles. The summed E-state index contributed by atoms with van der Waals surface area (Å²) in [4.78, 5) is 4.80. The molecule has 230 valence electrons. The molecule has 0 atom stereocenters. The average Bonchev–Trinajstić information content (AvgIpc) is 3.35. The maximum atomic E-state index is 4.80. The van der Waals surface area contributed by atoms with Crippen LogP contribution < -0.4 is 0 Å². The van der Waals surface area contributed by atoms with Gasteiger partial charge in [-0.3, -0.25) is 4.99 Å². The maximum Gasteiger partial charge on any atom is 0.0633 e. The molecule has 1 heteroatoms. The fourth-order valence-corrected chi connectivity index (χ4v) is 6.37. The number of allylic oxidation sites excluding steroid dienone is 1. The van der Waals surface area contributed by atoms with Crippen molar-refractivity contribution in [2.75, 3.05) is 0 Å². The van der Waals surface area contributed by atoms with Crippen molar-refractivity contribution in [1.82, 2.24) is 0 Å². The normalized spacial score (nSPS) is 12.7.